The van der Waals surface area contributed by atoms with Gasteiger partial charge < -0.3 is 25.1 Å². The summed E-state index contributed by atoms with van der Waals surface area (Å²) >= 11 is 2.96. The molecule has 0 saturated carbocycles. The summed E-state index contributed by atoms with van der Waals surface area (Å²) in [6.45, 7) is 7.67. The summed E-state index contributed by atoms with van der Waals surface area (Å²) in [5.41, 5.74) is 2.09. The number of benzene rings is 1. The van der Waals surface area contributed by atoms with E-state index in [1.807, 2.05) is 11.6 Å². The van der Waals surface area contributed by atoms with Crippen molar-refractivity contribution >= 4 is 50.6 Å². The van der Waals surface area contributed by atoms with Crippen LogP contribution in [0.5, 0.6) is 0 Å². The van der Waals surface area contributed by atoms with Crippen molar-refractivity contribution in [3.05, 3.63) is 46.2 Å². The van der Waals surface area contributed by atoms with Gasteiger partial charge >= 0.3 is 0 Å². The number of aryl methyl sites for hydroxylation is 1. The highest BCUT2D eigenvalue weighted by Gasteiger charge is 2.34. The largest absolute Gasteiger partial charge is 0.389 e. The van der Waals surface area contributed by atoms with Gasteiger partial charge in [0.05, 0.1) is 24.0 Å². The second-order valence-corrected chi connectivity index (χ2v) is 12.6. The van der Waals surface area contributed by atoms with E-state index in [1.165, 1.54) is 23.9 Å². The lowest BCUT2D eigenvalue weighted by Gasteiger charge is -2.41. The van der Waals surface area contributed by atoms with Gasteiger partial charge in [0.25, 0.3) is 0 Å². The molecule has 3 aliphatic heterocycles. The number of carbonyl (C=O) groups excluding carboxylic acids is 1. The highest BCUT2D eigenvalue weighted by Crippen LogP contribution is 2.39. The van der Waals surface area contributed by atoms with Crippen molar-refractivity contribution in [2.24, 2.45) is 0 Å². The number of anilines is 2. The van der Waals surface area contributed by atoms with E-state index in [0.29, 0.717) is 30.2 Å². The van der Waals surface area contributed by atoms with Gasteiger partial charge in [0, 0.05) is 45.8 Å². The molecule has 2 unspecified atom stereocenters. The Labute approximate surface area is 245 Å². The Morgan fingerprint density at radius 3 is 2.68 bits per heavy atom. The zero-order valence-electron chi connectivity index (χ0n) is 23.1. The lowest BCUT2D eigenvalue weighted by molar-refractivity contribution is -0.142. The quantitative estimate of drug-likeness (QED) is 0.420. The number of thioether (sulfide) groups is 1. The molecule has 3 aromatic rings. The van der Waals surface area contributed by atoms with E-state index in [1.54, 1.807) is 28.4 Å². The van der Waals surface area contributed by atoms with Gasteiger partial charge in [-0.2, -0.15) is 9.78 Å². The average molecular weight is 598 g/mol. The molecule has 216 valence electrons. The predicted molar refractivity (Wildman–Crippen MR) is 158 cm³/mol. The summed E-state index contributed by atoms with van der Waals surface area (Å²) < 4.78 is 15.4. The number of nitrogens with one attached hydrogen (secondary N) is 1. The highest BCUT2D eigenvalue weighted by molar-refractivity contribution is 8.04. The molecule has 6 rings (SSSR count). The fourth-order valence-electron chi connectivity index (χ4n) is 5.48. The molecular weight excluding hydrogens is 565 g/mol. The first-order valence-electron chi connectivity index (χ1n) is 13.6. The number of aliphatic hydroxyl groups is 1. The second kappa shape index (κ2) is 11.1. The van der Waals surface area contributed by atoms with Crippen LogP contribution in [0.3, 0.4) is 0 Å². The molecule has 41 heavy (non-hydrogen) atoms. The van der Waals surface area contributed by atoms with Crippen molar-refractivity contribution in [1.82, 2.24) is 29.7 Å². The van der Waals surface area contributed by atoms with Crippen molar-refractivity contribution in [1.29, 1.82) is 5.26 Å². The van der Waals surface area contributed by atoms with Crippen LogP contribution in [0.2, 0.25) is 0 Å². The van der Waals surface area contributed by atoms with Crippen molar-refractivity contribution < 1.29 is 14.3 Å². The number of aliphatic hydroxyl groups excluding tert-OH is 1. The molecule has 2 atom stereocenters. The Hall–Kier alpha value is -3.38. The molecule has 2 N–H and O–H groups in total. The number of allylic oxidation sites excluding steroid dienone is 1. The third-order valence-electron chi connectivity index (χ3n) is 7.75. The Bertz CT molecular complexity index is 1530. The number of β-amino-alcohol motifs (C(OH)–C–C–N with tert-alkyl or cyclic N) is 1. The van der Waals surface area contributed by atoms with Crippen molar-refractivity contribution in [3.63, 3.8) is 0 Å². The number of aromatic nitrogens is 3. The SMILES string of the molecule is CCc1nc2sc(N3CCN(CC(=O)N4CC(O)C4)CC3C)nn2c1N(C)C1NC(c2ccc(F)cc2)=C(C#N)S1. The fraction of sp³-hybridized carbons (Fsp3) is 0.481. The number of piperazine rings is 1. The molecule has 1 amide bonds. The van der Waals surface area contributed by atoms with Gasteiger partial charge in [-0.15, -0.1) is 5.10 Å². The van der Waals surface area contributed by atoms with Crippen LogP contribution in [0.15, 0.2) is 29.2 Å². The monoisotopic (exact) mass is 597 g/mol. The van der Waals surface area contributed by atoms with E-state index in [2.05, 4.69) is 39.9 Å². The maximum atomic E-state index is 13.5. The average Bonchev–Trinajstić information content (AvgIpc) is 3.64. The molecule has 2 saturated heterocycles. The Balaban J connectivity index is 1.18. The first-order valence-corrected chi connectivity index (χ1v) is 15.3. The van der Waals surface area contributed by atoms with Crippen LogP contribution in [0.1, 0.15) is 25.1 Å². The van der Waals surface area contributed by atoms with Crippen molar-refractivity contribution in [3.8, 4) is 6.07 Å². The lowest BCUT2D eigenvalue weighted by Crippen LogP contribution is -2.58. The van der Waals surface area contributed by atoms with Gasteiger partial charge in [-0.1, -0.05) is 30.0 Å². The van der Waals surface area contributed by atoms with Gasteiger partial charge in [0.2, 0.25) is 16.0 Å². The van der Waals surface area contributed by atoms with Gasteiger partial charge in [0.15, 0.2) is 11.3 Å². The topological polar surface area (TPSA) is 116 Å². The van der Waals surface area contributed by atoms with Gasteiger partial charge in [-0.3, -0.25) is 9.69 Å². The number of carbonyl (C=O) groups is 1. The van der Waals surface area contributed by atoms with Crippen molar-refractivity contribution in [2.75, 3.05) is 56.1 Å². The Morgan fingerprint density at radius 1 is 1.27 bits per heavy atom. The van der Waals surface area contributed by atoms with Crippen LogP contribution in [0.25, 0.3) is 10.7 Å². The first kappa shape index (κ1) is 27.8. The van der Waals surface area contributed by atoms with Crippen LogP contribution in [0, 0.1) is 17.1 Å². The summed E-state index contributed by atoms with van der Waals surface area (Å²) in [6.07, 6.45) is 0.337. The zero-order chi connectivity index (χ0) is 28.8. The lowest BCUT2D eigenvalue weighted by atomic mass is 10.1. The molecule has 1 aromatic carbocycles. The molecule has 0 spiro atoms. The predicted octanol–water partition coefficient (Wildman–Crippen LogP) is 2.15. The number of fused-ring (bicyclic) bond motifs is 1. The van der Waals surface area contributed by atoms with E-state index < -0.39 is 0 Å². The number of likely N-dealkylation sites (tertiary alicyclic amines) is 1. The van der Waals surface area contributed by atoms with Gasteiger partial charge in [0.1, 0.15) is 16.8 Å². The summed E-state index contributed by atoms with van der Waals surface area (Å²) in [5.74, 6) is 0.608. The first-order chi connectivity index (χ1) is 19.7. The molecule has 3 aliphatic rings. The summed E-state index contributed by atoms with van der Waals surface area (Å²) in [6, 6.07) is 8.57. The molecule has 0 bridgehead atoms. The normalized spacial score (nSPS) is 21.8. The number of imidazole rings is 1. The summed E-state index contributed by atoms with van der Waals surface area (Å²) in [5, 5.41) is 28.6. The number of hydrogen-bond acceptors (Lipinski definition) is 11. The standard InChI is InChI=1S/C27H32FN9O2S2/c1-4-20-24(33(3)25-31-23(21(11-29)40-25)17-5-7-18(28)8-6-17)37-26(30-20)41-27(32-37)36-10-9-34(12-16(36)2)15-22(39)35-13-19(38)14-35/h5-8,16,19,25,31,38H,4,9-10,12-15H2,1-3H3. The van der Waals surface area contributed by atoms with Crippen LogP contribution in [-0.4, -0.2) is 99.4 Å². The minimum absolute atomic E-state index is 0.0680. The van der Waals surface area contributed by atoms with Crippen molar-refractivity contribution in [2.45, 2.75) is 37.9 Å². The van der Waals surface area contributed by atoms with Crippen LogP contribution < -0.4 is 15.1 Å². The number of rotatable bonds is 7. The third-order valence-corrected chi connectivity index (χ3v) is 9.88. The molecule has 0 radical (unpaired) electrons. The number of amides is 1. The Kier molecular flexibility index (Phi) is 7.54. The van der Waals surface area contributed by atoms with E-state index >= 15 is 0 Å². The number of nitrogens with zero attached hydrogens (tertiary/aromatic N) is 8. The molecule has 14 heteroatoms. The van der Waals surface area contributed by atoms with Gasteiger partial charge in [-0.25, -0.2) is 9.37 Å². The maximum Gasteiger partial charge on any atom is 0.236 e. The smallest absolute Gasteiger partial charge is 0.236 e. The molecule has 0 aliphatic carbocycles. The molecular formula is C27H32FN9O2S2. The maximum absolute atomic E-state index is 13.5. The van der Waals surface area contributed by atoms with E-state index in [-0.39, 0.29) is 29.4 Å². The van der Waals surface area contributed by atoms with Gasteiger partial charge in [-0.05, 0) is 43.2 Å². The molecule has 2 aromatic heterocycles. The Morgan fingerprint density at radius 2 is 2.02 bits per heavy atom. The van der Waals surface area contributed by atoms with Crippen LogP contribution >= 0.6 is 23.1 Å². The second-order valence-electron chi connectivity index (χ2n) is 10.6. The summed E-state index contributed by atoms with van der Waals surface area (Å²) in [4.78, 5) is 26.9. The zero-order valence-corrected chi connectivity index (χ0v) is 24.8. The fourth-order valence-corrected chi connectivity index (χ4v) is 7.53. The van der Waals surface area contributed by atoms with Crippen LogP contribution in [-0.2, 0) is 11.2 Å². The van der Waals surface area contributed by atoms with Crippen LogP contribution in [0.4, 0.5) is 15.3 Å². The molecule has 11 nitrogen and oxygen atoms in total. The molecule has 5 heterocycles. The minimum Gasteiger partial charge on any atom is -0.389 e. The van der Waals surface area contributed by atoms with E-state index in [0.717, 1.165) is 53.2 Å². The number of nitriles is 1. The van der Waals surface area contributed by atoms with E-state index in [9.17, 15) is 19.6 Å². The number of hydrogen-bond donors (Lipinski definition) is 2. The minimum atomic E-state index is -0.389. The molecule has 2 fully saturated rings. The number of halogens is 1. The summed E-state index contributed by atoms with van der Waals surface area (Å²) in [7, 11) is 1.96. The third kappa shape index (κ3) is 5.23. The highest BCUT2D eigenvalue weighted by atomic mass is 32.2. The van der Waals surface area contributed by atoms with E-state index in [4.69, 9.17) is 10.1 Å².